The van der Waals surface area contributed by atoms with Gasteiger partial charge in [-0.05, 0) is 29.7 Å². The lowest BCUT2D eigenvalue weighted by Gasteiger charge is -2.41. The summed E-state index contributed by atoms with van der Waals surface area (Å²) in [5.41, 5.74) is 3.27. The molecular formula is C24H25N3O3. The Hall–Kier alpha value is -3.41. The maximum atomic E-state index is 13.0. The van der Waals surface area contributed by atoms with Crippen molar-refractivity contribution in [1.82, 2.24) is 10.1 Å². The van der Waals surface area contributed by atoms with Crippen LogP contribution < -0.4 is 4.90 Å². The number of hydrogen-bond donors (Lipinski definition) is 0. The standard InChI is InChI=1S/C24H25N3O3/c1-2-3-11-21-16-26(23(28)17-27(21)24(29)22-13-14-30-25-22)20-12-7-10-19(15-20)18-8-5-4-6-9-18/h4-10,12-15,21H,2-3,11,16-17H2,1H3/t21-/m1/s1. The first-order valence-electron chi connectivity index (χ1n) is 10.3. The smallest absolute Gasteiger partial charge is 0.276 e. The number of rotatable bonds is 6. The Bertz CT molecular complexity index is 1000. The average molecular weight is 403 g/mol. The first kappa shape index (κ1) is 19.9. The van der Waals surface area contributed by atoms with Gasteiger partial charge in [0.2, 0.25) is 5.91 Å². The lowest BCUT2D eigenvalue weighted by Crippen LogP contribution is -2.58. The third kappa shape index (κ3) is 4.13. The molecule has 6 nitrogen and oxygen atoms in total. The van der Waals surface area contributed by atoms with E-state index in [2.05, 4.69) is 24.2 Å². The quantitative estimate of drug-likeness (QED) is 0.612. The number of carbonyl (C=O) groups excluding carboxylic acids is 2. The van der Waals surface area contributed by atoms with Crippen molar-refractivity contribution < 1.29 is 14.1 Å². The predicted octanol–water partition coefficient (Wildman–Crippen LogP) is 4.39. The van der Waals surface area contributed by atoms with Crippen LogP contribution in [0.25, 0.3) is 11.1 Å². The minimum atomic E-state index is -0.254. The van der Waals surface area contributed by atoms with Crippen molar-refractivity contribution in [3.63, 3.8) is 0 Å². The fourth-order valence-electron chi connectivity index (χ4n) is 3.90. The fraction of sp³-hybridized carbons (Fsp3) is 0.292. The first-order valence-corrected chi connectivity index (χ1v) is 10.3. The van der Waals surface area contributed by atoms with Crippen molar-refractivity contribution in [3.05, 3.63) is 72.6 Å². The van der Waals surface area contributed by atoms with Gasteiger partial charge in [0.1, 0.15) is 12.8 Å². The molecule has 2 amide bonds. The molecule has 0 aliphatic carbocycles. The Balaban J connectivity index is 1.60. The second-order valence-corrected chi connectivity index (χ2v) is 7.53. The monoisotopic (exact) mass is 403 g/mol. The van der Waals surface area contributed by atoms with Gasteiger partial charge >= 0.3 is 0 Å². The summed E-state index contributed by atoms with van der Waals surface area (Å²) in [6.07, 6.45) is 4.23. The van der Waals surface area contributed by atoms with Crippen LogP contribution in [0.2, 0.25) is 0 Å². The highest BCUT2D eigenvalue weighted by molar-refractivity contribution is 6.01. The van der Waals surface area contributed by atoms with Crippen molar-refractivity contribution in [1.29, 1.82) is 0 Å². The third-order valence-corrected chi connectivity index (χ3v) is 5.51. The van der Waals surface area contributed by atoms with Crippen LogP contribution in [-0.4, -0.2) is 41.0 Å². The van der Waals surface area contributed by atoms with Crippen LogP contribution in [-0.2, 0) is 4.79 Å². The molecular weight excluding hydrogens is 378 g/mol. The molecule has 1 aliphatic heterocycles. The molecule has 0 spiro atoms. The van der Waals surface area contributed by atoms with Crippen molar-refractivity contribution in [2.75, 3.05) is 18.0 Å². The number of aromatic nitrogens is 1. The van der Waals surface area contributed by atoms with Crippen molar-refractivity contribution in [2.24, 2.45) is 0 Å². The Kier molecular flexibility index (Phi) is 5.93. The molecule has 0 saturated carbocycles. The number of benzene rings is 2. The van der Waals surface area contributed by atoms with E-state index in [0.717, 1.165) is 36.1 Å². The topological polar surface area (TPSA) is 66.7 Å². The van der Waals surface area contributed by atoms with Crippen molar-refractivity contribution >= 4 is 17.5 Å². The highest BCUT2D eigenvalue weighted by Gasteiger charge is 2.36. The number of amides is 2. The number of nitrogens with zero attached hydrogens (tertiary/aromatic N) is 3. The zero-order valence-corrected chi connectivity index (χ0v) is 17.0. The molecule has 6 heteroatoms. The summed E-state index contributed by atoms with van der Waals surface area (Å²) in [5, 5.41) is 3.76. The average Bonchev–Trinajstić information content (AvgIpc) is 3.33. The van der Waals surface area contributed by atoms with Gasteiger partial charge in [-0.25, -0.2) is 0 Å². The first-order chi connectivity index (χ1) is 14.7. The van der Waals surface area contributed by atoms with Crippen LogP contribution in [0.4, 0.5) is 5.69 Å². The van der Waals surface area contributed by atoms with Crippen LogP contribution in [0.3, 0.4) is 0 Å². The van der Waals surface area contributed by atoms with Gasteiger partial charge in [-0.1, -0.05) is 67.4 Å². The van der Waals surface area contributed by atoms with E-state index >= 15 is 0 Å². The molecule has 0 unspecified atom stereocenters. The van der Waals surface area contributed by atoms with Gasteiger partial charge in [0.25, 0.3) is 5.91 Å². The van der Waals surface area contributed by atoms with E-state index in [0.29, 0.717) is 6.54 Å². The predicted molar refractivity (Wildman–Crippen MR) is 115 cm³/mol. The normalized spacial score (nSPS) is 16.7. The summed E-state index contributed by atoms with van der Waals surface area (Å²) < 4.78 is 4.82. The number of piperazine rings is 1. The SMILES string of the molecule is CCCC[C@@H]1CN(c2cccc(-c3ccccc3)c2)C(=O)CN1C(=O)c1ccon1. The van der Waals surface area contributed by atoms with Crippen LogP contribution in [0.1, 0.15) is 36.7 Å². The molecule has 1 saturated heterocycles. The largest absolute Gasteiger partial charge is 0.364 e. The van der Waals surface area contributed by atoms with Crippen LogP contribution in [0.15, 0.2) is 71.4 Å². The van der Waals surface area contributed by atoms with E-state index in [4.69, 9.17) is 4.52 Å². The summed E-state index contributed by atoms with van der Waals surface area (Å²) in [4.78, 5) is 29.4. The molecule has 2 heterocycles. The Morgan fingerprint density at radius 2 is 1.90 bits per heavy atom. The third-order valence-electron chi connectivity index (χ3n) is 5.51. The number of unbranched alkanes of at least 4 members (excludes halogenated alkanes) is 1. The number of hydrogen-bond acceptors (Lipinski definition) is 4. The molecule has 1 aliphatic rings. The summed E-state index contributed by atoms with van der Waals surface area (Å²) in [6.45, 7) is 2.63. The molecule has 0 bridgehead atoms. The van der Waals surface area contributed by atoms with E-state index in [1.165, 1.54) is 6.26 Å². The van der Waals surface area contributed by atoms with Gasteiger partial charge in [-0.15, -0.1) is 0 Å². The molecule has 0 radical (unpaired) electrons. The lowest BCUT2D eigenvalue weighted by molar-refractivity contribution is -0.121. The Labute approximate surface area is 176 Å². The molecule has 3 aromatic rings. The van der Waals surface area contributed by atoms with Crippen LogP contribution >= 0.6 is 0 Å². The minimum absolute atomic E-state index is 0.0373. The van der Waals surface area contributed by atoms with E-state index in [1.54, 1.807) is 15.9 Å². The lowest BCUT2D eigenvalue weighted by atomic mass is 10.0. The number of anilines is 1. The molecule has 2 aromatic carbocycles. The molecule has 1 aromatic heterocycles. The fourth-order valence-corrected chi connectivity index (χ4v) is 3.90. The minimum Gasteiger partial charge on any atom is -0.364 e. The second-order valence-electron chi connectivity index (χ2n) is 7.53. The zero-order valence-electron chi connectivity index (χ0n) is 17.0. The van der Waals surface area contributed by atoms with E-state index in [9.17, 15) is 9.59 Å². The van der Waals surface area contributed by atoms with E-state index in [1.807, 2.05) is 42.5 Å². The van der Waals surface area contributed by atoms with E-state index in [-0.39, 0.29) is 30.1 Å². The van der Waals surface area contributed by atoms with Gasteiger partial charge < -0.3 is 14.3 Å². The molecule has 4 rings (SSSR count). The molecule has 1 fully saturated rings. The second kappa shape index (κ2) is 8.95. The van der Waals surface area contributed by atoms with Gasteiger partial charge in [0, 0.05) is 18.3 Å². The van der Waals surface area contributed by atoms with Crippen LogP contribution in [0, 0.1) is 0 Å². The van der Waals surface area contributed by atoms with Gasteiger partial charge in [-0.3, -0.25) is 9.59 Å². The molecule has 1 atom stereocenters. The van der Waals surface area contributed by atoms with Gasteiger partial charge in [0.05, 0.1) is 6.04 Å². The van der Waals surface area contributed by atoms with Crippen LogP contribution in [0.5, 0.6) is 0 Å². The Morgan fingerprint density at radius 1 is 1.10 bits per heavy atom. The zero-order chi connectivity index (χ0) is 20.9. The highest BCUT2D eigenvalue weighted by Crippen LogP contribution is 2.28. The van der Waals surface area contributed by atoms with Gasteiger partial charge in [0.15, 0.2) is 5.69 Å². The summed E-state index contributed by atoms with van der Waals surface area (Å²) in [5.74, 6) is -0.347. The summed E-state index contributed by atoms with van der Waals surface area (Å²) in [6, 6.07) is 19.6. The molecule has 154 valence electrons. The summed E-state index contributed by atoms with van der Waals surface area (Å²) >= 11 is 0. The molecule has 0 N–H and O–H groups in total. The maximum Gasteiger partial charge on any atom is 0.276 e. The van der Waals surface area contributed by atoms with E-state index < -0.39 is 0 Å². The van der Waals surface area contributed by atoms with Crippen molar-refractivity contribution in [2.45, 2.75) is 32.2 Å². The van der Waals surface area contributed by atoms with Gasteiger partial charge in [-0.2, -0.15) is 0 Å². The number of carbonyl (C=O) groups is 2. The highest BCUT2D eigenvalue weighted by atomic mass is 16.5. The van der Waals surface area contributed by atoms with Crippen molar-refractivity contribution in [3.8, 4) is 11.1 Å². The molecule has 30 heavy (non-hydrogen) atoms. The maximum absolute atomic E-state index is 13.0. The summed E-state index contributed by atoms with van der Waals surface area (Å²) in [7, 11) is 0. The Morgan fingerprint density at radius 3 is 2.63 bits per heavy atom.